The van der Waals surface area contributed by atoms with E-state index in [1.54, 1.807) is 6.07 Å². The molecule has 1 fully saturated rings. The topological polar surface area (TPSA) is 57.7 Å². The number of nitrogens with one attached hydrogen (secondary N) is 1. The van der Waals surface area contributed by atoms with Gasteiger partial charge in [0.2, 0.25) is 0 Å². The molecule has 7 heteroatoms. The van der Waals surface area contributed by atoms with E-state index < -0.39 is 0 Å². The number of nitrogens with zero attached hydrogens (tertiary/aromatic N) is 3. The van der Waals surface area contributed by atoms with Crippen LogP contribution in [0.25, 0.3) is 11.3 Å². The van der Waals surface area contributed by atoms with Gasteiger partial charge in [-0.3, -0.25) is 9.78 Å². The Balaban J connectivity index is 1.32. The van der Waals surface area contributed by atoms with Crippen LogP contribution >= 0.6 is 0 Å². The number of ether oxygens (including phenoxy) is 1. The van der Waals surface area contributed by atoms with Crippen LogP contribution in [-0.4, -0.2) is 60.5 Å². The first-order valence-corrected chi connectivity index (χ1v) is 10.5. The van der Waals surface area contributed by atoms with E-state index in [9.17, 15) is 9.18 Å². The Labute approximate surface area is 175 Å². The lowest BCUT2D eigenvalue weighted by Crippen LogP contribution is -2.44. The van der Waals surface area contributed by atoms with Gasteiger partial charge in [-0.15, -0.1) is 0 Å². The van der Waals surface area contributed by atoms with Crippen LogP contribution < -0.4 is 5.32 Å². The highest BCUT2D eigenvalue weighted by molar-refractivity contribution is 6.36. The van der Waals surface area contributed by atoms with Crippen molar-refractivity contribution in [3.63, 3.8) is 0 Å². The first-order chi connectivity index (χ1) is 14.6. The molecule has 1 N–H and O–H groups in total. The van der Waals surface area contributed by atoms with Crippen LogP contribution in [0.5, 0.6) is 0 Å². The highest BCUT2D eigenvalue weighted by Gasteiger charge is 2.33. The van der Waals surface area contributed by atoms with Crippen molar-refractivity contribution in [3.8, 4) is 0 Å². The second kappa shape index (κ2) is 7.81. The molecule has 0 spiro atoms. The van der Waals surface area contributed by atoms with Gasteiger partial charge in [-0.25, -0.2) is 4.39 Å². The van der Waals surface area contributed by atoms with Crippen LogP contribution in [0, 0.1) is 5.82 Å². The number of carbonyl (C=O) groups excluding carboxylic acids is 1. The van der Waals surface area contributed by atoms with Crippen molar-refractivity contribution in [3.05, 3.63) is 58.7 Å². The fourth-order valence-corrected chi connectivity index (χ4v) is 4.35. The van der Waals surface area contributed by atoms with Crippen LogP contribution in [0.3, 0.4) is 0 Å². The third-order valence-electron chi connectivity index (χ3n) is 6.09. The molecule has 156 valence electrons. The summed E-state index contributed by atoms with van der Waals surface area (Å²) in [5.41, 5.74) is 4.23. The zero-order chi connectivity index (χ0) is 20.7. The zero-order valence-corrected chi connectivity index (χ0v) is 17.1. The summed E-state index contributed by atoms with van der Waals surface area (Å²) in [6.07, 6.45) is 1.99. The van der Waals surface area contributed by atoms with Crippen molar-refractivity contribution >= 4 is 22.9 Å². The van der Waals surface area contributed by atoms with Gasteiger partial charge in [0.05, 0.1) is 11.3 Å². The summed E-state index contributed by atoms with van der Waals surface area (Å²) in [6.45, 7) is 5.93. The molecule has 1 aromatic carbocycles. The van der Waals surface area contributed by atoms with Gasteiger partial charge in [-0.1, -0.05) is 0 Å². The standard InChI is InChI=1S/C23H25FN4O2/c1-27-9-11-28(12-10-27)8-2-3-16-5-6-17-20(25-16)14-30-22(17)21-18-13-15(24)4-7-19(18)26-23(21)29/h4-7,13H,2-3,8-12,14H2,1H3,(H,26,29)/b22-21+. The Bertz CT molecular complexity index is 1030. The van der Waals surface area contributed by atoms with Crippen LogP contribution in [0.2, 0.25) is 0 Å². The molecule has 1 amide bonds. The summed E-state index contributed by atoms with van der Waals surface area (Å²) in [7, 11) is 2.17. The molecule has 1 saturated heterocycles. The van der Waals surface area contributed by atoms with Crippen molar-refractivity contribution in [2.75, 3.05) is 45.1 Å². The van der Waals surface area contributed by atoms with E-state index in [2.05, 4.69) is 22.2 Å². The predicted molar refractivity (Wildman–Crippen MR) is 113 cm³/mol. The number of likely N-dealkylation sites (N-methyl/N-ethyl adjacent to an activating group) is 1. The van der Waals surface area contributed by atoms with E-state index in [4.69, 9.17) is 9.72 Å². The molecule has 3 aliphatic heterocycles. The Morgan fingerprint density at radius 2 is 1.97 bits per heavy atom. The number of rotatable bonds is 4. The Morgan fingerprint density at radius 1 is 1.13 bits per heavy atom. The molecule has 3 aliphatic rings. The average molecular weight is 408 g/mol. The van der Waals surface area contributed by atoms with Crippen LogP contribution in [-0.2, 0) is 22.6 Å². The Kier molecular flexibility index (Phi) is 5.00. The summed E-state index contributed by atoms with van der Waals surface area (Å²) in [4.78, 5) is 22.2. The minimum Gasteiger partial charge on any atom is -0.486 e. The average Bonchev–Trinajstić information content (AvgIpc) is 3.28. The summed E-state index contributed by atoms with van der Waals surface area (Å²) >= 11 is 0. The lowest BCUT2D eigenvalue weighted by Gasteiger charge is -2.32. The number of pyridine rings is 1. The molecule has 0 atom stereocenters. The number of aromatic nitrogens is 1. The molecular weight excluding hydrogens is 383 g/mol. The molecule has 0 radical (unpaired) electrons. The fraction of sp³-hybridized carbons (Fsp3) is 0.391. The van der Waals surface area contributed by atoms with E-state index in [0.29, 0.717) is 29.2 Å². The van der Waals surface area contributed by atoms with Gasteiger partial charge in [0.25, 0.3) is 5.91 Å². The monoisotopic (exact) mass is 408 g/mol. The second-order valence-corrected chi connectivity index (χ2v) is 8.18. The predicted octanol–water partition coefficient (Wildman–Crippen LogP) is 2.75. The Hall–Kier alpha value is -2.77. The maximum Gasteiger partial charge on any atom is 0.260 e. The summed E-state index contributed by atoms with van der Waals surface area (Å²) in [5, 5.41) is 2.78. The number of benzene rings is 1. The van der Waals surface area contributed by atoms with E-state index in [1.165, 1.54) is 12.1 Å². The number of hydrogen-bond acceptors (Lipinski definition) is 5. The molecule has 30 heavy (non-hydrogen) atoms. The molecular formula is C23H25FN4O2. The molecule has 6 nitrogen and oxygen atoms in total. The molecule has 2 aromatic rings. The molecule has 0 bridgehead atoms. The maximum atomic E-state index is 13.7. The van der Waals surface area contributed by atoms with Gasteiger partial charge in [0.1, 0.15) is 18.2 Å². The first-order valence-electron chi connectivity index (χ1n) is 10.5. The number of anilines is 1. The molecule has 0 aliphatic carbocycles. The van der Waals surface area contributed by atoms with Crippen molar-refractivity contribution in [2.24, 2.45) is 0 Å². The van der Waals surface area contributed by atoms with E-state index >= 15 is 0 Å². The van der Waals surface area contributed by atoms with Crippen molar-refractivity contribution in [1.29, 1.82) is 0 Å². The van der Waals surface area contributed by atoms with Gasteiger partial charge < -0.3 is 19.9 Å². The first kappa shape index (κ1) is 19.2. The summed E-state index contributed by atoms with van der Waals surface area (Å²) < 4.78 is 19.6. The van der Waals surface area contributed by atoms with Crippen LogP contribution in [0.15, 0.2) is 30.3 Å². The summed E-state index contributed by atoms with van der Waals surface area (Å²) in [5.74, 6) is -0.159. The van der Waals surface area contributed by atoms with E-state index in [0.717, 1.165) is 62.5 Å². The fourth-order valence-electron chi connectivity index (χ4n) is 4.35. The smallest absolute Gasteiger partial charge is 0.260 e. The van der Waals surface area contributed by atoms with Gasteiger partial charge in [-0.2, -0.15) is 0 Å². The lowest BCUT2D eigenvalue weighted by atomic mass is 10.0. The van der Waals surface area contributed by atoms with Crippen molar-refractivity contribution < 1.29 is 13.9 Å². The number of amides is 1. The quantitative estimate of drug-likeness (QED) is 0.789. The van der Waals surface area contributed by atoms with E-state index in [1.807, 2.05) is 12.1 Å². The molecule has 1 aromatic heterocycles. The SMILES string of the molecule is CN1CCN(CCCc2ccc3c(n2)CO/C3=C2/C(=O)Nc3ccc(F)cc32)CC1. The van der Waals surface area contributed by atoms with Gasteiger partial charge in [0.15, 0.2) is 0 Å². The zero-order valence-electron chi connectivity index (χ0n) is 17.1. The number of piperazine rings is 1. The minimum absolute atomic E-state index is 0.269. The summed E-state index contributed by atoms with van der Waals surface area (Å²) in [6, 6.07) is 8.28. The van der Waals surface area contributed by atoms with Crippen molar-refractivity contribution in [1.82, 2.24) is 14.8 Å². The largest absolute Gasteiger partial charge is 0.486 e. The second-order valence-electron chi connectivity index (χ2n) is 8.18. The van der Waals surface area contributed by atoms with Crippen molar-refractivity contribution in [2.45, 2.75) is 19.4 Å². The molecule has 0 unspecified atom stereocenters. The van der Waals surface area contributed by atoms with Crippen LogP contribution in [0.1, 0.15) is 28.9 Å². The lowest BCUT2D eigenvalue weighted by molar-refractivity contribution is -0.110. The molecule has 5 rings (SSSR count). The van der Waals surface area contributed by atoms with E-state index in [-0.39, 0.29) is 11.7 Å². The number of carbonyl (C=O) groups is 1. The molecule has 0 saturated carbocycles. The normalized spacial score (nSPS) is 21.3. The Morgan fingerprint density at radius 3 is 2.80 bits per heavy atom. The molecule has 4 heterocycles. The maximum absolute atomic E-state index is 13.7. The number of aryl methyl sites for hydroxylation is 1. The van der Waals surface area contributed by atoms with Gasteiger partial charge in [-0.05, 0) is 56.8 Å². The third-order valence-corrected chi connectivity index (χ3v) is 6.09. The number of halogens is 1. The number of hydrogen-bond donors (Lipinski definition) is 1. The van der Waals surface area contributed by atoms with Gasteiger partial charge >= 0.3 is 0 Å². The third kappa shape index (κ3) is 3.59. The van der Waals surface area contributed by atoms with Crippen LogP contribution in [0.4, 0.5) is 10.1 Å². The highest BCUT2D eigenvalue weighted by atomic mass is 19.1. The highest BCUT2D eigenvalue weighted by Crippen LogP contribution is 2.41. The number of fused-ring (bicyclic) bond motifs is 2. The van der Waals surface area contributed by atoms with Gasteiger partial charge in [0, 0.05) is 48.7 Å². The minimum atomic E-state index is -0.379.